The smallest absolute Gasteiger partial charge is 0.325 e. The van der Waals surface area contributed by atoms with Crippen molar-refractivity contribution in [3.05, 3.63) is 66.2 Å². The van der Waals surface area contributed by atoms with E-state index in [0.717, 1.165) is 25.3 Å². The van der Waals surface area contributed by atoms with Gasteiger partial charge < -0.3 is 14.5 Å². The zero-order chi connectivity index (χ0) is 22.3. The maximum atomic E-state index is 12.9. The Morgan fingerprint density at radius 3 is 2.41 bits per heavy atom. The number of urea groups is 1. The van der Waals surface area contributed by atoms with Gasteiger partial charge in [0, 0.05) is 45.8 Å². The summed E-state index contributed by atoms with van der Waals surface area (Å²) >= 11 is 0. The Labute approximate surface area is 189 Å². The van der Waals surface area contributed by atoms with Gasteiger partial charge in [-0.1, -0.05) is 54.6 Å². The largest absolute Gasteiger partial charge is 0.495 e. The van der Waals surface area contributed by atoms with Crippen molar-refractivity contribution in [1.29, 1.82) is 0 Å². The molecule has 0 bridgehead atoms. The van der Waals surface area contributed by atoms with Crippen molar-refractivity contribution < 1.29 is 14.3 Å². The fourth-order valence-electron chi connectivity index (χ4n) is 4.15. The molecule has 2 aromatic carbocycles. The Bertz CT molecular complexity index is 955. The molecule has 0 spiro atoms. The van der Waals surface area contributed by atoms with Gasteiger partial charge in [-0.15, -0.1) is 0 Å². The van der Waals surface area contributed by atoms with Gasteiger partial charge in [0.1, 0.15) is 12.3 Å². The number of benzene rings is 2. The van der Waals surface area contributed by atoms with E-state index in [9.17, 15) is 9.59 Å². The third-order valence-electron chi connectivity index (χ3n) is 6.00. The number of hydrogen-bond acceptors (Lipinski definition) is 4. The van der Waals surface area contributed by atoms with Crippen LogP contribution in [0.15, 0.2) is 60.7 Å². The molecule has 2 fully saturated rings. The molecule has 2 aliphatic heterocycles. The molecular weight excluding hydrogens is 404 g/mol. The monoisotopic (exact) mass is 434 g/mol. The van der Waals surface area contributed by atoms with Gasteiger partial charge in [-0.3, -0.25) is 14.6 Å². The Morgan fingerprint density at radius 2 is 1.66 bits per heavy atom. The molecule has 7 nitrogen and oxygen atoms in total. The maximum absolute atomic E-state index is 12.9. The summed E-state index contributed by atoms with van der Waals surface area (Å²) in [5.41, 5.74) is 1.94. The molecule has 4 rings (SSSR count). The van der Waals surface area contributed by atoms with Gasteiger partial charge >= 0.3 is 6.03 Å². The number of hydrogen-bond donors (Lipinski definition) is 0. The molecule has 32 heavy (non-hydrogen) atoms. The van der Waals surface area contributed by atoms with Gasteiger partial charge in [-0.25, -0.2) is 4.79 Å². The lowest BCUT2D eigenvalue weighted by Crippen LogP contribution is -2.51. The second-order valence-corrected chi connectivity index (χ2v) is 8.02. The topological polar surface area (TPSA) is 56.3 Å². The first-order valence-electron chi connectivity index (χ1n) is 11.1. The normalized spacial score (nSPS) is 17.4. The van der Waals surface area contributed by atoms with Crippen LogP contribution in [-0.2, 0) is 4.79 Å². The Hall–Kier alpha value is -3.32. The fourth-order valence-corrected chi connectivity index (χ4v) is 4.15. The molecule has 2 aliphatic rings. The molecule has 168 valence electrons. The van der Waals surface area contributed by atoms with Crippen LogP contribution in [0.1, 0.15) is 5.56 Å². The quantitative estimate of drug-likeness (QED) is 0.673. The molecule has 7 heteroatoms. The van der Waals surface area contributed by atoms with Gasteiger partial charge in [0.2, 0.25) is 5.91 Å². The second-order valence-electron chi connectivity index (χ2n) is 8.02. The third kappa shape index (κ3) is 5.11. The average Bonchev–Trinajstić information content (AvgIpc) is 3.19. The van der Waals surface area contributed by atoms with Crippen molar-refractivity contribution in [1.82, 2.24) is 14.7 Å². The summed E-state index contributed by atoms with van der Waals surface area (Å²) in [6.07, 6.45) is 4.30. The zero-order valence-electron chi connectivity index (χ0n) is 18.5. The molecule has 0 unspecified atom stereocenters. The van der Waals surface area contributed by atoms with E-state index in [2.05, 4.69) is 29.2 Å². The highest BCUT2D eigenvalue weighted by Crippen LogP contribution is 2.30. The Balaban J connectivity index is 1.24. The highest BCUT2D eigenvalue weighted by atomic mass is 16.5. The van der Waals surface area contributed by atoms with Crippen molar-refractivity contribution >= 4 is 23.7 Å². The number of methoxy groups -OCH3 is 1. The first-order chi connectivity index (χ1) is 15.7. The number of amides is 3. The second kappa shape index (κ2) is 10.3. The molecule has 2 aromatic rings. The van der Waals surface area contributed by atoms with Crippen LogP contribution in [0.25, 0.3) is 6.08 Å². The number of para-hydroxylation sites is 2. The van der Waals surface area contributed by atoms with E-state index in [1.807, 2.05) is 47.4 Å². The predicted octanol–water partition coefficient (Wildman–Crippen LogP) is 2.79. The number of nitrogens with zero attached hydrogens (tertiary/aromatic N) is 4. The van der Waals surface area contributed by atoms with Gasteiger partial charge in [0.05, 0.1) is 12.8 Å². The van der Waals surface area contributed by atoms with E-state index in [1.54, 1.807) is 16.9 Å². The molecule has 0 radical (unpaired) electrons. The SMILES string of the molecule is COc1ccccc1N1CCN(CC(=O)N2CCN(C/C=C/c3ccccc3)CC2)C1=O. The van der Waals surface area contributed by atoms with Crippen LogP contribution in [0, 0.1) is 0 Å². The minimum atomic E-state index is -0.146. The number of rotatable bonds is 7. The molecule has 0 saturated carbocycles. The number of carbonyl (C=O) groups is 2. The predicted molar refractivity (Wildman–Crippen MR) is 126 cm³/mol. The molecule has 0 N–H and O–H groups in total. The minimum absolute atomic E-state index is 0.0136. The zero-order valence-corrected chi connectivity index (χ0v) is 18.5. The lowest BCUT2D eigenvalue weighted by atomic mass is 10.2. The van der Waals surface area contributed by atoms with Crippen LogP contribution in [0.5, 0.6) is 5.75 Å². The number of ether oxygens (including phenoxy) is 1. The third-order valence-corrected chi connectivity index (χ3v) is 6.00. The Kier molecular flexibility index (Phi) is 7.07. The number of piperazine rings is 1. The first-order valence-corrected chi connectivity index (χ1v) is 11.1. The molecule has 2 heterocycles. The molecule has 0 aliphatic carbocycles. The van der Waals surface area contributed by atoms with Crippen LogP contribution in [-0.4, -0.2) is 86.1 Å². The maximum Gasteiger partial charge on any atom is 0.325 e. The van der Waals surface area contributed by atoms with E-state index < -0.39 is 0 Å². The molecular formula is C25H30N4O3. The highest BCUT2D eigenvalue weighted by Gasteiger charge is 2.33. The van der Waals surface area contributed by atoms with Crippen molar-refractivity contribution in [2.24, 2.45) is 0 Å². The van der Waals surface area contributed by atoms with E-state index in [0.29, 0.717) is 31.9 Å². The Morgan fingerprint density at radius 1 is 0.938 bits per heavy atom. The van der Waals surface area contributed by atoms with Crippen molar-refractivity contribution in [2.75, 3.05) is 64.4 Å². The summed E-state index contributed by atoms with van der Waals surface area (Å²) in [6.45, 7) is 5.14. The van der Waals surface area contributed by atoms with E-state index in [-0.39, 0.29) is 18.5 Å². The average molecular weight is 435 g/mol. The summed E-state index contributed by atoms with van der Waals surface area (Å²) in [6, 6.07) is 17.6. The summed E-state index contributed by atoms with van der Waals surface area (Å²) in [7, 11) is 1.60. The lowest BCUT2D eigenvalue weighted by Gasteiger charge is -2.35. The van der Waals surface area contributed by atoms with E-state index in [4.69, 9.17) is 4.74 Å². The summed E-state index contributed by atoms with van der Waals surface area (Å²) in [4.78, 5) is 33.2. The van der Waals surface area contributed by atoms with Crippen molar-refractivity contribution in [2.45, 2.75) is 0 Å². The van der Waals surface area contributed by atoms with E-state index >= 15 is 0 Å². The molecule has 3 amide bonds. The van der Waals surface area contributed by atoms with Crippen molar-refractivity contribution in [3.63, 3.8) is 0 Å². The van der Waals surface area contributed by atoms with Gasteiger partial charge in [0.25, 0.3) is 0 Å². The van der Waals surface area contributed by atoms with Crippen LogP contribution in [0.2, 0.25) is 0 Å². The van der Waals surface area contributed by atoms with Crippen LogP contribution in [0.3, 0.4) is 0 Å². The lowest BCUT2D eigenvalue weighted by molar-refractivity contribution is -0.133. The first kappa shape index (κ1) is 21.9. The van der Waals surface area contributed by atoms with Gasteiger partial charge in [-0.05, 0) is 17.7 Å². The van der Waals surface area contributed by atoms with Gasteiger partial charge in [-0.2, -0.15) is 0 Å². The summed E-state index contributed by atoms with van der Waals surface area (Å²) in [5.74, 6) is 0.672. The molecule has 0 aromatic heterocycles. The number of carbonyl (C=O) groups excluding carboxylic acids is 2. The standard InChI is InChI=1S/C25H30N4O3/c1-32-23-12-6-5-11-22(23)29-19-18-28(25(29)31)20-24(30)27-16-14-26(15-17-27)13-7-10-21-8-3-2-4-9-21/h2-12H,13-20H2,1H3/b10-7+. The van der Waals surface area contributed by atoms with Crippen LogP contribution in [0.4, 0.5) is 10.5 Å². The van der Waals surface area contributed by atoms with Crippen LogP contribution >= 0.6 is 0 Å². The minimum Gasteiger partial charge on any atom is -0.495 e. The van der Waals surface area contributed by atoms with Crippen LogP contribution < -0.4 is 9.64 Å². The summed E-state index contributed by atoms with van der Waals surface area (Å²) < 4.78 is 5.38. The molecule has 2 saturated heterocycles. The van der Waals surface area contributed by atoms with Gasteiger partial charge in [0.15, 0.2) is 0 Å². The molecule has 0 atom stereocenters. The van der Waals surface area contributed by atoms with Crippen molar-refractivity contribution in [3.8, 4) is 5.75 Å². The number of anilines is 1. The summed E-state index contributed by atoms with van der Waals surface area (Å²) in [5, 5.41) is 0. The fraction of sp³-hybridized carbons (Fsp3) is 0.360. The van der Waals surface area contributed by atoms with E-state index in [1.165, 1.54) is 5.56 Å². The highest BCUT2D eigenvalue weighted by molar-refractivity contribution is 5.97.